The van der Waals surface area contributed by atoms with Crippen LogP contribution in [-0.2, 0) is 11.2 Å². The summed E-state index contributed by atoms with van der Waals surface area (Å²) in [5, 5.41) is 10.7. The maximum atomic E-state index is 10.6. The highest BCUT2D eigenvalue weighted by atomic mass is 16.5. The fourth-order valence-electron chi connectivity index (χ4n) is 1.77. The quantitative estimate of drug-likeness (QED) is 0.857. The first-order chi connectivity index (χ1) is 7.70. The van der Waals surface area contributed by atoms with Crippen LogP contribution in [0, 0.1) is 0 Å². The molecule has 0 aromatic heterocycles. The van der Waals surface area contributed by atoms with E-state index in [1.54, 1.807) is 7.11 Å². The van der Waals surface area contributed by atoms with E-state index in [0.717, 1.165) is 22.1 Å². The second-order valence-corrected chi connectivity index (χ2v) is 3.59. The van der Waals surface area contributed by atoms with Gasteiger partial charge in [0, 0.05) is 5.39 Å². The molecule has 82 valence electrons. The minimum absolute atomic E-state index is 0.0488. The van der Waals surface area contributed by atoms with Crippen LogP contribution in [-0.4, -0.2) is 18.2 Å². The summed E-state index contributed by atoms with van der Waals surface area (Å²) in [5.74, 6) is -0.0124. The average molecular weight is 216 g/mol. The number of fused-ring (bicyclic) bond motifs is 1. The van der Waals surface area contributed by atoms with Gasteiger partial charge in [-0.1, -0.05) is 30.3 Å². The Kier molecular flexibility index (Phi) is 2.77. The fraction of sp³-hybridized carbons (Fsp3) is 0.154. The van der Waals surface area contributed by atoms with Crippen LogP contribution in [0.15, 0.2) is 36.4 Å². The number of carboxylic acid groups (broad SMARTS) is 1. The second-order valence-electron chi connectivity index (χ2n) is 3.59. The molecule has 0 bridgehead atoms. The van der Waals surface area contributed by atoms with Gasteiger partial charge >= 0.3 is 5.97 Å². The second kappa shape index (κ2) is 4.23. The number of aliphatic carboxylic acids is 1. The normalized spacial score (nSPS) is 10.3. The van der Waals surface area contributed by atoms with Crippen molar-refractivity contribution in [2.45, 2.75) is 6.42 Å². The molecule has 0 aliphatic heterocycles. The van der Waals surface area contributed by atoms with Gasteiger partial charge in [-0.25, -0.2) is 0 Å². The van der Waals surface area contributed by atoms with Crippen molar-refractivity contribution in [3.05, 3.63) is 42.0 Å². The number of carboxylic acids is 1. The van der Waals surface area contributed by atoms with E-state index in [9.17, 15) is 4.79 Å². The minimum Gasteiger partial charge on any atom is -0.496 e. The molecule has 0 aliphatic carbocycles. The summed E-state index contributed by atoms with van der Waals surface area (Å²) in [4.78, 5) is 10.6. The lowest BCUT2D eigenvalue weighted by Crippen LogP contribution is -1.99. The Balaban J connectivity index is 2.51. The largest absolute Gasteiger partial charge is 0.496 e. The van der Waals surface area contributed by atoms with Crippen LogP contribution in [0.3, 0.4) is 0 Å². The predicted octanol–water partition coefficient (Wildman–Crippen LogP) is 2.48. The fourth-order valence-corrected chi connectivity index (χ4v) is 1.77. The van der Waals surface area contributed by atoms with E-state index in [0.29, 0.717) is 0 Å². The summed E-state index contributed by atoms with van der Waals surface area (Å²) in [7, 11) is 1.62. The number of hydrogen-bond acceptors (Lipinski definition) is 2. The molecule has 0 spiro atoms. The van der Waals surface area contributed by atoms with Gasteiger partial charge < -0.3 is 9.84 Å². The Morgan fingerprint density at radius 1 is 1.31 bits per heavy atom. The highest BCUT2D eigenvalue weighted by Crippen LogP contribution is 2.26. The van der Waals surface area contributed by atoms with E-state index in [4.69, 9.17) is 9.84 Å². The van der Waals surface area contributed by atoms with Crippen LogP contribution in [0.2, 0.25) is 0 Å². The number of ether oxygens (including phenoxy) is 1. The first-order valence-corrected chi connectivity index (χ1v) is 4.98. The molecule has 3 heteroatoms. The molecule has 2 rings (SSSR count). The Labute approximate surface area is 93.3 Å². The first-order valence-electron chi connectivity index (χ1n) is 4.98. The van der Waals surface area contributed by atoms with Gasteiger partial charge in [-0.05, 0) is 17.0 Å². The predicted molar refractivity (Wildman–Crippen MR) is 61.8 cm³/mol. The zero-order chi connectivity index (χ0) is 11.5. The van der Waals surface area contributed by atoms with Crippen molar-refractivity contribution >= 4 is 16.7 Å². The van der Waals surface area contributed by atoms with Crippen molar-refractivity contribution in [2.75, 3.05) is 7.11 Å². The number of rotatable bonds is 3. The van der Waals surface area contributed by atoms with Crippen molar-refractivity contribution in [1.82, 2.24) is 0 Å². The van der Waals surface area contributed by atoms with E-state index in [-0.39, 0.29) is 6.42 Å². The molecule has 0 aliphatic rings. The van der Waals surface area contributed by atoms with Gasteiger partial charge in [-0.15, -0.1) is 0 Å². The lowest BCUT2D eigenvalue weighted by Gasteiger charge is -2.06. The number of hydrogen-bond donors (Lipinski definition) is 1. The van der Waals surface area contributed by atoms with Crippen molar-refractivity contribution in [3.8, 4) is 5.75 Å². The van der Waals surface area contributed by atoms with Gasteiger partial charge in [0.15, 0.2) is 0 Å². The van der Waals surface area contributed by atoms with E-state index >= 15 is 0 Å². The summed E-state index contributed by atoms with van der Waals surface area (Å²) >= 11 is 0. The zero-order valence-corrected chi connectivity index (χ0v) is 8.93. The molecule has 0 saturated heterocycles. The topological polar surface area (TPSA) is 46.5 Å². The number of methoxy groups -OCH3 is 1. The smallest absolute Gasteiger partial charge is 0.307 e. The van der Waals surface area contributed by atoms with Gasteiger partial charge in [0.2, 0.25) is 0 Å². The summed E-state index contributed by atoms with van der Waals surface area (Å²) in [5.41, 5.74) is 0.799. The first kappa shape index (κ1) is 10.5. The third kappa shape index (κ3) is 1.98. The average Bonchev–Trinajstić information content (AvgIpc) is 2.27. The molecular formula is C13H12O3. The van der Waals surface area contributed by atoms with Crippen molar-refractivity contribution in [3.63, 3.8) is 0 Å². The third-order valence-corrected chi connectivity index (χ3v) is 2.48. The van der Waals surface area contributed by atoms with Crippen LogP contribution in [0.5, 0.6) is 5.75 Å². The molecule has 3 nitrogen and oxygen atoms in total. The highest BCUT2D eigenvalue weighted by Gasteiger charge is 2.04. The van der Waals surface area contributed by atoms with Gasteiger partial charge in [-0.2, -0.15) is 0 Å². The molecule has 0 heterocycles. The van der Waals surface area contributed by atoms with E-state index in [2.05, 4.69) is 0 Å². The summed E-state index contributed by atoms with van der Waals surface area (Å²) in [6.07, 6.45) is 0.0488. The number of benzene rings is 2. The Bertz CT molecular complexity index is 532. The molecule has 0 saturated carbocycles. The Morgan fingerprint density at radius 2 is 2.12 bits per heavy atom. The van der Waals surface area contributed by atoms with Gasteiger partial charge in [0.1, 0.15) is 5.75 Å². The molecule has 0 fully saturated rings. The van der Waals surface area contributed by atoms with Crippen LogP contribution in [0.25, 0.3) is 10.8 Å². The highest BCUT2D eigenvalue weighted by molar-refractivity contribution is 5.89. The van der Waals surface area contributed by atoms with Crippen molar-refractivity contribution in [2.24, 2.45) is 0 Å². The van der Waals surface area contributed by atoms with Gasteiger partial charge in [0.05, 0.1) is 13.5 Å². The van der Waals surface area contributed by atoms with Crippen LogP contribution in [0.1, 0.15) is 5.56 Å². The van der Waals surface area contributed by atoms with Gasteiger partial charge in [0.25, 0.3) is 0 Å². The standard InChI is InChI=1S/C13H12O3/c1-16-12-4-2-3-10-7-9(8-13(14)15)5-6-11(10)12/h2-7H,8H2,1H3,(H,14,15). The number of carbonyl (C=O) groups is 1. The summed E-state index contributed by atoms with van der Waals surface area (Å²) in [6, 6.07) is 11.3. The van der Waals surface area contributed by atoms with Crippen molar-refractivity contribution in [1.29, 1.82) is 0 Å². The molecule has 0 radical (unpaired) electrons. The maximum Gasteiger partial charge on any atom is 0.307 e. The van der Waals surface area contributed by atoms with E-state index in [1.165, 1.54) is 0 Å². The van der Waals surface area contributed by atoms with E-state index in [1.807, 2.05) is 36.4 Å². The van der Waals surface area contributed by atoms with Crippen LogP contribution < -0.4 is 4.74 Å². The molecule has 2 aromatic rings. The Morgan fingerprint density at radius 3 is 2.81 bits per heavy atom. The lowest BCUT2D eigenvalue weighted by molar-refractivity contribution is -0.136. The third-order valence-electron chi connectivity index (χ3n) is 2.48. The molecule has 0 unspecified atom stereocenters. The molecule has 2 aromatic carbocycles. The maximum absolute atomic E-state index is 10.6. The lowest BCUT2D eigenvalue weighted by atomic mass is 10.0. The van der Waals surface area contributed by atoms with Crippen molar-refractivity contribution < 1.29 is 14.6 Å². The van der Waals surface area contributed by atoms with Crippen LogP contribution in [0.4, 0.5) is 0 Å². The molecule has 16 heavy (non-hydrogen) atoms. The zero-order valence-electron chi connectivity index (χ0n) is 8.93. The Hall–Kier alpha value is -2.03. The SMILES string of the molecule is COc1cccc2cc(CC(=O)O)ccc12. The minimum atomic E-state index is -0.817. The summed E-state index contributed by atoms with van der Waals surface area (Å²) in [6.45, 7) is 0. The molecular weight excluding hydrogens is 204 g/mol. The van der Waals surface area contributed by atoms with E-state index < -0.39 is 5.97 Å². The molecule has 0 amide bonds. The summed E-state index contributed by atoms with van der Waals surface area (Å²) < 4.78 is 5.23. The van der Waals surface area contributed by atoms with Crippen LogP contribution >= 0.6 is 0 Å². The van der Waals surface area contributed by atoms with Gasteiger partial charge in [-0.3, -0.25) is 4.79 Å². The molecule has 0 atom stereocenters. The molecule has 1 N–H and O–H groups in total. The monoisotopic (exact) mass is 216 g/mol.